The molecule has 9 aromatic rings. The zero-order valence-corrected chi connectivity index (χ0v) is 24.4. The molecule has 4 heteroatoms. The molecule has 0 unspecified atom stereocenters. The van der Waals surface area contributed by atoms with Gasteiger partial charge in [-0.3, -0.25) is 0 Å². The van der Waals surface area contributed by atoms with Crippen molar-refractivity contribution in [3.63, 3.8) is 0 Å². The Kier molecular flexibility index (Phi) is 5.68. The number of rotatable bonds is 4. The minimum atomic E-state index is 0.692. The number of aromatic nitrogens is 2. The van der Waals surface area contributed by atoms with Gasteiger partial charge in [0.1, 0.15) is 11.2 Å². The third-order valence-corrected chi connectivity index (χ3v) is 9.47. The molecule has 206 valence electrons. The van der Waals surface area contributed by atoms with Gasteiger partial charge in [0.15, 0.2) is 5.82 Å². The minimum absolute atomic E-state index is 0.692. The van der Waals surface area contributed by atoms with Crippen molar-refractivity contribution in [1.29, 1.82) is 0 Å². The predicted molar refractivity (Wildman–Crippen MR) is 184 cm³/mol. The highest BCUT2D eigenvalue weighted by molar-refractivity contribution is 7.25. The van der Waals surface area contributed by atoms with Crippen LogP contribution in [0.5, 0.6) is 0 Å². The van der Waals surface area contributed by atoms with Crippen LogP contribution in [-0.4, -0.2) is 9.97 Å². The lowest BCUT2D eigenvalue weighted by Crippen LogP contribution is -1.97. The summed E-state index contributed by atoms with van der Waals surface area (Å²) in [5.74, 6) is 0.692. The van der Waals surface area contributed by atoms with Crippen LogP contribution in [0.1, 0.15) is 0 Å². The van der Waals surface area contributed by atoms with Gasteiger partial charge in [0.05, 0.1) is 11.4 Å². The van der Waals surface area contributed by atoms with E-state index >= 15 is 0 Å². The van der Waals surface area contributed by atoms with Crippen molar-refractivity contribution in [1.82, 2.24) is 9.97 Å². The van der Waals surface area contributed by atoms with Gasteiger partial charge >= 0.3 is 0 Å². The molecule has 0 bridgehead atoms. The summed E-state index contributed by atoms with van der Waals surface area (Å²) >= 11 is 1.84. The van der Waals surface area contributed by atoms with E-state index in [1.54, 1.807) is 0 Å². The van der Waals surface area contributed by atoms with E-state index in [-0.39, 0.29) is 0 Å². The lowest BCUT2D eigenvalue weighted by Gasteiger charge is -2.14. The number of nitrogens with zero attached hydrogens (tertiary/aromatic N) is 2. The fraction of sp³-hybridized carbons (Fsp3) is 0. The Hall–Kier alpha value is -5.58. The topological polar surface area (TPSA) is 38.9 Å². The maximum absolute atomic E-state index is 6.25. The first-order valence-electron chi connectivity index (χ1n) is 14.7. The highest BCUT2D eigenvalue weighted by Crippen LogP contribution is 2.43. The quantitative estimate of drug-likeness (QED) is 0.208. The Morgan fingerprint density at radius 1 is 0.432 bits per heavy atom. The Morgan fingerprint density at radius 2 is 1.05 bits per heavy atom. The molecule has 0 aliphatic heterocycles. The lowest BCUT2D eigenvalue weighted by molar-refractivity contribution is 0.669. The number of hydrogen-bond acceptors (Lipinski definition) is 4. The molecule has 9 rings (SSSR count). The van der Waals surface area contributed by atoms with E-state index in [9.17, 15) is 0 Å². The zero-order chi connectivity index (χ0) is 29.0. The van der Waals surface area contributed by atoms with Crippen LogP contribution in [0.4, 0.5) is 0 Å². The predicted octanol–water partition coefficient (Wildman–Crippen LogP) is 11.4. The van der Waals surface area contributed by atoms with Gasteiger partial charge in [0.2, 0.25) is 0 Å². The molecule has 0 aliphatic carbocycles. The second kappa shape index (κ2) is 10.0. The molecule has 44 heavy (non-hydrogen) atoms. The molecule has 3 aromatic heterocycles. The van der Waals surface area contributed by atoms with Gasteiger partial charge in [-0.05, 0) is 41.5 Å². The van der Waals surface area contributed by atoms with Crippen molar-refractivity contribution in [2.45, 2.75) is 0 Å². The number of furan rings is 1. The summed E-state index contributed by atoms with van der Waals surface area (Å²) in [6.07, 6.45) is 0. The van der Waals surface area contributed by atoms with E-state index < -0.39 is 0 Å². The van der Waals surface area contributed by atoms with Crippen molar-refractivity contribution < 1.29 is 4.42 Å². The van der Waals surface area contributed by atoms with E-state index in [4.69, 9.17) is 14.4 Å². The molecule has 0 radical (unpaired) electrons. The molecule has 6 aromatic carbocycles. The molecule has 0 fully saturated rings. The zero-order valence-electron chi connectivity index (χ0n) is 23.6. The van der Waals surface area contributed by atoms with E-state index in [1.807, 2.05) is 53.8 Å². The maximum Gasteiger partial charge on any atom is 0.160 e. The van der Waals surface area contributed by atoms with E-state index in [2.05, 4.69) is 103 Å². The van der Waals surface area contributed by atoms with Crippen molar-refractivity contribution in [2.75, 3.05) is 0 Å². The summed E-state index contributed by atoms with van der Waals surface area (Å²) in [5.41, 5.74) is 8.89. The number of fused-ring (bicyclic) bond motifs is 6. The second-order valence-corrected chi connectivity index (χ2v) is 12.0. The van der Waals surface area contributed by atoms with Crippen LogP contribution in [0, 0.1) is 0 Å². The van der Waals surface area contributed by atoms with Crippen LogP contribution in [0.25, 0.3) is 87.1 Å². The summed E-state index contributed by atoms with van der Waals surface area (Å²) < 4.78 is 8.82. The Morgan fingerprint density at radius 3 is 1.93 bits per heavy atom. The average molecular weight is 581 g/mol. The SMILES string of the molecule is c1ccc(-c2nc(-c3ccccc3-c3cccc4sc5ccccc5c34)cc(-c3cccc4oc5ccccc5c34)n2)cc1. The molecule has 0 amide bonds. The van der Waals surface area contributed by atoms with E-state index in [0.717, 1.165) is 55.6 Å². The van der Waals surface area contributed by atoms with Gasteiger partial charge in [-0.2, -0.15) is 0 Å². The Labute approximate surface area is 257 Å². The van der Waals surface area contributed by atoms with Crippen LogP contribution in [0.2, 0.25) is 0 Å². The highest BCUT2D eigenvalue weighted by Gasteiger charge is 2.19. The molecule has 0 aliphatic rings. The summed E-state index contributed by atoms with van der Waals surface area (Å²) in [4.78, 5) is 10.4. The first kappa shape index (κ1) is 25.0. The fourth-order valence-electron chi connectivity index (χ4n) is 6.37. The maximum atomic E-state index is 6.25. The first-order chi connectivity index (χ1) is 21.8. The van der Waals surface area contributed by atoms with Gasteiger partial charge < -0.3 is 4.42 Å². The standard InChI is InChI=1S/C40H24N2OS/c1-2-12-25(13-3-1)40-41-32(24-33(42-40)29-19-10-21-35-38(29)30-16-6-8-20-34(30)43-35)27-15-5-4-14-26(27)28-18-11-23-37-39(28)31-17-7-9-22-36(31)44-37/h1-24H. The van der Waals surface area contributed by atoms with Gasteiger partial charge in [-0.25, -0.2) is 9.97 Å². The third-order valence-electron chi connectivity index (χ3n) is 8.33. The fourth-order valence-corrected chi connectivity index (χ4v) is 7.50. The molecule has 0 spiro atoms. The summed E-state index contributed by atoms with van der Waals surface area (Å²) in [6, 6.07) is 50.7. The number of para-hydroxylation sites is 1. The molecule has 0 atom stereocenters. The highest BCUT2D eigenvalue weighted by atomic mass is 32.1. The van der Waals surface area contributed by atoms with Gasteiger partial charge in [0, 0.05) is 47.6 Å². The second-order valence-electron chi connectivity index (χ2n) is 10.9. The van der Waals surface area contributed by atoms with Crippen LogP contribution < -0.4 is 0 Å². The summed E-state index contributed by atoms with van der Waals surface area (Å²) in [5, 5.41) is 4.71. The summed E-state index contributed by atoms with van der Waals surface area (Å²) in [6.45, 7) is 0. The Balaban J connectivity index is 1.33. The van der Waals surface area contributed by atoms with Gasteiger partial charge in [0.25, 0.3) is 0 Å². The smallest absolute Gasteiger partial charge is 0.160 e. The molecular weight excluding hydrogens is 557 g/mol. The Bertz CT molecular complexity index is 2510. The van der Waals surface area contributed by atoms with Crippen LogP contribution >= 0.6 is 11.3 Å². The number of benzene rings is 6. The molecule has 0 N–H and O–H groups in total. The van der Waals surface area contributed by atoms with E-state index in [0.29, 0.717) is 5.82 Å². The van der Waals surface area contributed by atoms with E-state index in [1.165, 1.54) is 25.7 Å². The summed E-state index contributed by atoms with van der Waals surface area (Å²) in [7, 11) is 0. The average Bonchev–Trinajstić information content (AvgIpc) is 3.67. The lowest BCUT2D eigenvalue weighted by atomic mass is 9.93. The number of thiophene rings is 1. The molecule has 0 saturated heterocycles. The van der Waals surface area contributed by atoms with Crippen molar-refractivity contribution in [2.24, 2.45) is 0 Å². The minimum Gasteiger partial charge on any atom is -0.456 e. The van der Waals surface area contributed by atoms with Crippen LogP contribution in [-0.2, 0) is 0 Å². The normalized spacial score (nSPS) is 11.6. The van der Waals surface area contributed by atoms with Crippen LogP contribution in [0.15, 0.2) is 150 Å². The van der Waals surface area contributed by atoms with Crippen molar-refractivity contribution in [3.8, 4) is 45.0 Å². The molecular formula is C40H24N2OS. The number of hydrogen-bond donors (Lipinski definition) is 0. The van der Waals surface area contributed by atoms with Crippen LogP contribution in [0.3, 0.4) is 0 Å². The first-order valence-corrected chi connectivity index (χ1v) is 15.5. The van der Waals surface area contributed by atoms with Gasteiger partial charge in [-0.15, -0.1) is 11.3 Å². The van der Waals surface area contributed by atoms with Gasteiger partial charge in [-0.1, -0.05) is 115 Å². The largest absolute Gasteiger partial charge is 0.456 e. The monoisotopic (exact) mass is 580 g/mol. The third kappa shape index (κ3) is 3.96. The van der Waals surface area contributed by atoms with Crippen molar-refractivity contribution >= 4 is 53.4 Å². The molecule has 3 heterocycles. The molecule has 0 saturated carbocycles. The molecule has 3 nitrogen and oxygen atoms in total. The van der Waals surface area contributed by atoms with Crippen molar-refractivity contribution in [3.05, 3.63) is 146 Å².